The fourth-order valence-electron chi connectivity index (χ4n) is 5.09. The van der Waals surface area contributed by atoms with Gasteiger partial charge in [0.05, 0.1) is 11.4 Å². The first-order valence-electron chi connectivity index (χ1n) is 13.7. The van der Waals surface area contributed by atoms with Crippen LogP contribution in [0.15, 0.2) is 77.7 Å². The minimum atomic E-state index is -0.306. The van der Waals surface area contributed by atoms with Gasteiger partial charge in [-0.2, -0.15) is 5.10 Å². The lowest BCUT2D eigenvalue weighted by Crippen LogP contribution is -2.40. The number of amides is 1. The summed E-state index contributed by atoms with van der Waals surface area (Å²) in [4.78, 5) is 30.1. The van der Waals surface area contributed by atoms with Crippen LogP contribution in [-0.2, 0) is 4.79 Å². The summed E-state index contributed by atoms with van der Waals surface area (Å²) in [5.41, 5.74) is 8.19. The maximum atomic E-state index is 13.1. The Balaban J connectivity index is 1.42. The summed E-state index contributed by atoms with van der Waals surface area (Å²) >= 11 is 0. The van der Waals surface area contributed by atoms with Crippen LogP contribution in [0.3, 0.4) is 0 Å². The molecule has 0 bridgehead atoms. The van der Waals surface area contributed by atoms with Gasteiger partial charge in [0.1, 0.15) is 17.0 Å². The number of nitrogens with two attached hydrogens (primary N) is 1. The number of fused-ring (bicyclic) bond motifs is 1. The zero-order valence-electron chi connectivity index (χ0n) is 23.2. The molecule has 1 saturated heterocycles. The Morgan fingerprint density at radius 2 is 1.90 bits per heavy atom. The number of carbonyl (C=O) groups is 1. The molecule has 2 aromatic heterocycles. The van der Waals surface area contributed by atoms with Gasteiger partial charge < -0.3 is 24.8 Å². The maximum Gasteiger partial charge on any atom is 0.288 e. The number of carbonyl (C=O) groups excluding carboxylic acids is 1. The van der Waals surface area contributed by atoms with Crippen LogP contribution in [0.1, 0.15) is 32.7 Å². The van der Waals surface area contributed by atoms with E-state index in [4.69, 9.17) is 10.5 Å². The highest BCUT2D eigenvalue weighted by atomic mass is 16.5. The van der Waals surface area contributed by atoms with E-state index in [1.165, 1.54) is 0 Å². The summed E-state index contributed by atoms with van der Waals surface area (Å²) < 4.78 is 7.92. The van der Waals surface area contributed by atoms with Crippen molar-refractivity contribution in [2.75, 3.05) is 32.4 Å². The Labute approximate surface area is 233 Å². The zero-order chi connectivity index (χ0) is 28.2. The van der Waals surface area contributed by atoms with Gasteiger partial charge in [-0.15, -0.1) is 0 Å². The van der Waals surface area contributed by atoms with Crippen LogP contribution in [0.5, 0.6) is 11.5 Å². The molecule has 3 heterocycles. The van der Waals surface area contributed by atoms with Gasteiger partial charge in [-0.25, -0.2) is 5.10 Å². The van der Waals surface area contributed by atoms with Crippen LogP contribution in [-0.4, -0.2) is 63.2 Å². The number of benzene rings is 2. The number of nitrogen functional groups attached to an aromatic ring is 1. The van der Waals surface area contributed by atoms with Crippen molar-refractivity contribution in [2.45, 2.75) is 38.8 Å². The molecule has 4 aromatic rings. The molecule has 1 aliphatic heterocycles. The third-order valence-electron chi connectivity index (χ3n) is 7.56. The van der Waals surface area contributed by atoms with Gasteiger partial charge in [0.2, 0.25) is 5.91 Å². The number of para-hydroxylation sites is 1. The third kappa shape index (κ3) is 5.79. The molecule has 0 radical (unpaired) electrons. The van der Waals surface area contributed by atoms with Crippen molar-refractivity contribution >= 4 is 22.6 Å². The number of hydrogen-bond acceptors (Lipinski definition) is 6. The van der Waals surface area contributed by atoms with Crippen LogP contribution < -0.4 is 16.0 Å². The summed E-state index contributed by atoms with van der Waals surface area (Å²) in [5, 5.41) is 7.20. The number of nitrogens with one attached hydrogen (secondary N) is 1. The topological polar surface area (TPSA) is 109 Å². The molecule has 5 rings (SSSR count). The van der Waals surface area contributed by atoms with Crippen LogP contribution >= 0.6 is 0 Å². The first-order chi connectivity index (χ1) is 19.3. The molecule has 0 saturated carbocycles. The number of likely N-dealkylation sites (N-methyl/N-ethyl adjacent to an activating group) is 1. The second kappa shape index (κ2) is 11.8. The molecule has 1 atom stereocenters. The molecule has 9 heteroatoms. The first kappa shape index (κ1) is 27.2. The molecular weight excluding hydrogens is 504 g/mol. The van der Waals surface area contributed by atoms with Crippen LogP contribution in [0.4, 0.5) is 5.82 Å². The van der Waals surface area contributed by atoms with E-state index < -0.39 is 0 Å². The van der Waals surface area contributed by atoms with E-state index in [1.807, 2.05) is 83.4 Å². The molecule has 0 spiro atoms. The molecule has 1 fully saturated rings. The van der Waals surface area contributed by atoms with Gasteiger partial charge in [0, 0.05) is 43.5 Å². The number of aromatic amines is 1. The van der Waals surface area contributed by atoms with E-state index in [9.17, 15) is 9.59 Å². The van der Waals surface area contributed by atoms with Crippen molar-refractivity contribution in [3.8, 4) is 22.6 Å². The fourth-order valence-corrected chi connectivity index (χ4v) is 5.09. The highest BCUT2D eigenvalue weighted by Crippen LogP contribution is 2.36. The van der Waals surface area contributed by atoms with E-state index in [0.717, 1.165) is 29.7 Å². The number of ether oxygens (including phenoxy) is 1. The van der Waals surface area contributed by atoms with Gasteiger partial charge in [-0.3, -0.25) is 9.59 Å². The second-order valence-electron chi connectivity index (χ2n) is 10.6. The first-order valence-corrected chi connectivity index (χ1v) is 13.7. The minimum Gasteiger partial charge on any atom is -0.457 e. The van der Waals surface area contributed by atoms with E-state index in [0.29, 0.717) is 42.3 Å². The lowest BCUT2D eigenvalue weighted by Gasteiger charge is -2.33. The minimum absolute atomic E-state index is 0.0114. The quantitative estimate of drug-likeness (QED) is 0.310. The van der Waals surface area contributed by atoms with Gasteiger partial charge >= 0.3 is 0 Å². The SMILES string of the molecule is CC(C)N(C)CC=CC(=O)N1CCC[C@@H](n2cc(-c3ccc(Oc4ccccc4)cc3)c3c(N)n[nH]c(=O)c32)C1. The van der Waals surface area contributed by atoms with Gasteiger partial charge in [0.15, 0.2) is 5.82 Å². The molecule has 0 unspecified atom stereocenters. The number of piperidine rings is 1. The van der Waals surface area contributed by atoms with E-state index in [1.54, 1.807) is 6.08 Å². The molecule has 40 heavy (non-hydrogen) atoms. The Bertz CT molecular complexity index is 1560. The summed E-state index contributed by atoms with van der Waals surface area (Å²) in [6.07, 6.45) is 7.23. The largest absolute Gasteiger partial charge is 0.457 e. The maximum absolute atomic E-state index is 13.1. The summed E-state index contributed by atoms with van der Waals surface area (Å²) in [6, 6.07) is 17.6. The molecule has 9 nitrogen and oxygen atoms in total. The van der Waals surface area contributed by atoms with Crippen molar-refractivity contribution in [1.82, 2.24) is 24.6 Å². The van der Waals surface area contributed by atoms with Crippen LogP contribution in [0.2, 0.25) is 0 Å². The second-order valence-corrected chi connectivity index (χ2v) is 10.6. The van der Waals surface area contributed by atoms with E-state index in [-0.39, 0.29) is 23.3 Å². The molecule has 0 aliphatic carbocycles. The van der Waals surface area contributed by atoms with E-state index >= 15 is 0 Å². The van der Waals surface area contributed by atoms with Crippen molar-refractivity contribution < 1.29 is 9.53 Å². The predicted molar refractivity (Wildman–Crippen MR) is 158 cm³/mol. The monoisotopic (exact) mass is 540 g/mol. The van der Waals surface area contributed by atoms with Crippen LogP contribution in [0, 0.1) is 0 Å². The number of anilines is 1. The van der Waals surface area contributed by atoms with Gasteiger partial charge in [0.25, 0.3) is 5.56 Å². The number of hydrogen-bond donors (Lipinski definition) is 2. The third-order valence-corrected chi connectivity index (χ3v) is 7.56. The standard InChI is InChI=1S/C31H36N6O3/c1-21(2)35(3)17-8-12-27(38)36-18-7-9-23(19-36)37-20-26(28-29(37)31(39)34-33-30(28)32)22-13-15-25(16-14-22)40-24-10-5-4-6-11-24/h4-6,8,10-16,20-21,23H,7,9,17-19H2,1-3H3,(H2,32,33)(H,34,39)/t23-/m1/s1. The molecule has 1 amide bonds. The van der Waals surface area contributed by atoms with Gasteiger partial charge in [-0.1, -0.05) is 36.4 Å². The predicted octanol–water partition coefficient (Wildman–Crippen LogP) is 4.83. The fraction of sp³-hybridized carbons (Fsp3) is 0.323. The normalized spacial score (nSPS) is 15.9. The Hall–Kier alpha value is -4.37. The average Bonchev–Trinajstić information content (AvgIpc) is 3.38. The molecule has 2 aromatic carbocycles. The number of H-pyrrole nitrogens is 1. The Morgan fingerprint density at radius 1 is 1.18 bits per heavy atom. The molecule has 208 valence electrons. The molecule has 1 aliphatic rings. The van der Waals surface area contributed by atoms with Crippen LogP contribution in [0.25, 0.3) is 22.0 Å². The Morgan fingerprint density at radius 3 is 2.62 bits per heavy atom. The summed E-state index contributed by atoms with van der Waals surface area (Å²) in [5.74, 6) is 1.71. The highest BCUT2D eigenvalue weighted by Gasteiger charge is 2.27. The van der Waals surface area contributed by atoms with Crippen molar-refractivity contribution in [1.29, 1.82) is 0 Å². The van der Waals surface area contributed by atoms with E-state index in [2.05, 4.69) is 28.9 Å². The number of rotatable bonds is 8. The summed E-state index contributed by atoms with van der Waals surface area (Å²) in [6.45, 7) is 6.16. The Kier molecular flexibility index (Phi) is 8.02. The molecule has 3 N–H and O–H groups in total. The average molecular weight is 541 g/mol. The lowest BCUT2D eigenvalue weighted by atomic mass is 10.1. The molecular formula is C31H36N6O3. The highest BCUT2D eigenvalue weighted by molar-refractivity contribution is 6.02. The van der Waals surface area contributed by atoms with Crippen molar-refractivity contribution in [3.63, 3.8) is 0 Å². The number of likely N-dealkylation sites (tertiary alicyclic amines) is 1. The lowest BCUT2D eigenvalue weighted by molar-refractivity contribution is -0.127. The summed E-state index contributed by atoms with van der Waals surface area (Å²) in [7, 11) is 2.03. The van der Waals surface area contributed by atoms with Gasteiger partial charge in [-0.05, 0) is 63.6 Å². The van der Waals surface area contributed by atoms with Crippen molar-refractivity contribution in [3.05, 3.63) is 83.3 Å². The number of aromatic nitrogens is 3. The smallest absolute Gasteiger partial charge is 0.288 e. The van der Waals surface area contributed by atoms with Crippen molar-refractivity contribution in [2.24, 2.45) is 0 Å². The zero-order valence-corrected chi connectivity index (χ0v) is 23.2. The number of nitrogens with zero attached hydrogens (tertiary/aromatic N) is 4.